The summed E-state index contributed by atoms with van der Waals surface area (Å²) in [6.45, 7) is 2.81. The summed E-state index contributed by atoms with van der Waals surface area (Å²) in [5.74, 6) is 0.124. The Bertz CT molecular complexity index is 873. The van der Waals surface area contributed by atoms with Crippen LogP contribution in [0.2, 0.25) is 0 Å². The highest BCUT2D eigenvalue weighted by atomic mass is 16.3. The lowest BCUT2D eigenvalue weighted by molar-refractivity contribution is -0.131. The minimum Gasteiger partial charge on any atom is -0.464 e. The first kappa shape index (κ1) is 14.9. The molecule has 5 heteroatoms. The molecule has 1 atom stereocenters. The Labute approximate surface area is 140 Å². The van der Waals surface area contributed by atoms with Gasteiger partial charge in [-0.2, -0.15) is 0 Å². The molecule has 122 valence electrons. The van der Waals surface area contributed by atoms with Crippen molar-refractivity contribution in [2.75, 3.05) is 6.54 Å². The number of aryl methyl sites for hydroxylation is 1. The topological polar surface area (TPSA) is 59.2 Å². The standard InChI is InChI=1S/C19H19N3O2/c1-13-4-5-15-14(11-24-18(15)9-13)10-19(23)22-8-2-3-17(22)16-6-7-20-12-21-16/h4-7,9,11-12,17H,2-3,8,10H2,1H3/t17-/m0/s1. The van der Waals surface area contributed by atoms with Crippen LogP contribution in [0.5, 0.6) is 0 Å². The number of amides is 1. The van der Waals surface area contributed by atoms with Gasteiger partial charge in [-0.1, -0.05) is 12.1 Å². The fraction of sp³-hybridized carbons (Fsp3) is 0.316. The fourth-order valence-electron chi connectivity index (χ4n) is 3.46. The van der Waals surface area contributed by atoms with Gasteiger partial charge in [-0.25, -0.2) is 9.97 Å². The maximum absolute atomic E-state index is 12.8. The maximum atomic E-state index is 12.8. The lowest BCUT2D eigenvalue weighted by atomic mass is 10.1. The van der Waals surface area contributed by atoms with E-state index in [4.69, 9.17) is 4.42 Å². The number of carbonyl (C=O) groups excluding carboxylic acids is 1. The molecule has 1 aliphatic rings. The molecule has 2 aromatic heterocycles. The highest BCUT2D eigenvalue weighted by Gasteiger charge is 2.31. The first-order valence-electron chi connectivity index (χ1n) is 8.24. The Morgan fingerprint density at radius 3 is 3.12 bits per heavy atom. The average Bonchev–Trinajstić information content (AvgIpc) is 3.23. The second kappa shape index (κ2) is 6.07. The summed E-state index contributed by atoms with van der Waals surface area (Å²) in [7, 11) is 0. The van der Waals surface area contributed by atoms with Gasteiger partial charge in [0.1, 0.15) is 11.9 Å². The molecule has 0 bridgehead atoms. The average molecular weight is 321 g/mol. The molecule has 3 aromatic rings. The number of benzene rings is 1. The normalized spacial score (nSPS) is 17.5. The van der Waals surface area contributed by atoms with Crippen molar-refractivity contribution in [3.8, 4) is 0 Å². The van der Waals surface area contributed by atoms with E-state index in [1.165, 1.54) is 0 Å². The van der Waals surface area contributed by atoms with Gasteiger partial charge in [0, 0.05) is 23.7 Å². The summed E-state index contributed by atoms with van der Waals surface area (Å²) < 4.78 is 5.61. The van der Waals surface area contributed by atoms with Gasteiger partial charge in [-0.3, -0.25) is 4.79 Å². The van der Waals surface area contributed by atoms with Crippen LogP contribution in [0, 0.1) is 6.92 Å². The summed E-state index contributed by atoms with van der Waals surface area (Å²) in [6.07, 6.45) is 7.30. The Morgan fingerprint density at radius 2 is 2.29 bits per heavy atom. The van der Waals surface area contributed by atoms with Crippen molar-refractivity contribution in [1.29, 1.82) is 0 Å². The monoisotopic (exact) mass is 321 g/mol. The molecular weight excluding hydrogens is 302 g/mol. The predicted molar refractivity (Wildman–Crippen MR) is 90.4 cm³/mol. The third-order valence-corrected chi connectivity index (χ3v) is 4.67. The van der Waals surface area contributed by atoms with Gasteiger partial charge < -0.3 is 9.32 Å². The Morgan fingerprint density at radius 1 is 1.38 bits per heavy atom. The summed E-state index contributed by atoms with van der Waals surface area (Å²) in [4.78, 5) is 23.1. The van der Waals surface area contributed by atoms with Crippen LogP contribution in [-0.2, 0) is 11.2 Å². The van der Waals surface area contributed by atoms with E-state index in [1.54, 1.807) is 18.8 Å². The number of nitrogens with zero attached hydrogens (tertiary/aromatic N) is 3. The van der Waals surface area contributed by atoms with Crippen molar-refractivity contribution in [3.05, 3.63) is 59.9 Å². The number of hydrogen-bond donors (Lipinski definition) is 0. The molecule has 1 fully saturated rings. The zero-order chi connectivity index (χ0) is 16.5. The predicted octanol–water partition coefficient (Wildman–Crippen LogP) is 3.44. The van der Waals surface area contributed by atoms with Crippen LogP contribution in [0.1, 0.15) is 35.7 Å². The minimum atomic E-state index is 0.0564. The third-order valence-electron chi connectivity index (χ3n) is 4.67. The van der Waals surface area contributed by atoms with E-state index in [0.29, 0.717) is 6.42 Å². The molecule has 0 aliphatic carbocycles. The van der Waals surface area contributed by atoms with Crippen molar-refractivity contribution in [3.63, 3.8) is 0 Å². The molecule has 24 heavy (non-hydrogen) atoms. The largest absolute Gasteiger partial charge is 0.464 e. The summed E-state index contributed by atoms with van der Waals surface area (Å²) >= 11 is 0. The van der Waals surface area contributed by atoms with Gasteiger partial charge in [0.25, 0.3) is 0 Å². The molecule has 0 spiro atoms. The van der Waals surface area contributed by atoms with Crippen molar-refractivity contribution < 1.29 is 9.21 Å². The molecule has 3 heterocycles. The van der Waals surface area contributed by atoms with Crippen LogP contribution in [0.4, 0.5) is 0 Å². The van der Waals surface area contributed by atoms with E-state index < -0.39 is 0 Å². The molecule has 0 radical (unpaired) electrons. The number of likely N-dealkylation sites (tertiary alicyclic amines) is 1. The van der Waals surface area contributed by atoms with E-state index in [9.17, 15) is 4.79 Å². The van der Waals surface area contributed by atoms with Gasteiger partial charge in [-0.05, 0) is 37.5 Å². The lowest BCUT2D eigenvalue weighted by Gasteiger charge is -2.24. The Hall–Kier alpha value is -2.69. The summed E-state index contributed by atoms with van der Waals surface area (Å²) in [6, 6.07) is 8.03. The zero-order valence-electron chi connectivity index (χ0n) is 13.6. The molecular formula is C19H19N3O2. The molecule has 0 unspecified atom stereocenters. The van der Waals surface area contributed by atoms with E-state index in [0.717, 1.165) is 47.2 Å². The van der Waals surface area contributed by atoms with E-state index in [1.807, 2.05) is 36.1 Å². The third kappa shape index (κ3) is 2.66. The highest BCUT2D eigenvalue weighted by Crippen LogP contribution is 2.32. The number of aromatic nitrogens is 2. The maximum Gasteiger partial charge on any atom is 0.227 e. The number of carbonyl (C=O) groups is 1. The van der Waals surface area contributed by atoms with Crippen LogP contribution in [0.25, 0.3) is 11.0 Å². The summed E-state index contributed by atoms with van der Waals surface area (Å²) in [5, 5.41) is 1.02. The minimum absolute atomic E-state index is 0.0564. The first-order valence-corrected chi connectivity index (χ1v) is 8.24. The van der Waals surface area contributed by atoms with E-state index >= 15 is 0 Å². The van der Waals surface area contributed by atoms with Gasteiger partial charge in [0.15, 0.2) is 0 Å². The quantitative estimate of drug-likeness (QED) is 0.741. The van der Waals surface area contributed by atoms with Crippen LogP contribution in [0.3, 0.4) is 0 Å². The van der Waals surface area contributed by atoms with Crippen LogP contribution >= 0.6 is 0 Å². The smallest absolute Gasteiger partial charge is 0.227 e. The Kier molecular flexibility index (Phi) is 3.76. The van der Waals surface area contributed by atoms with Crippen molar-refractivity contribution in [1.82, 2.24) is 14.9 Å². The van der Waals surface area contributed by atoms with Gasteiger partial charge in [-0.15, -0.1) is 0 Å². The van der Waals surface area contributed by atoms with Crippen LogP contribution in [-0.4, -0.2) is 27.3 Å². The molecule has 0 N–H and O–H groups in total. The number of hydrogen-bond acceptors (Lipinski definition) is 4. The second-order valence-corrected chi connectivity index (χ2v) is 6.32. The van der Waals surface area contributed by atoms with E-state index in [-0.39, 0.29) is 11.9 Å². The molecule has 4 rings (SSSR count). The number of rotatable bonds is 3. The van der Waals surface area contributed by atoms with Crippen LogP contribution < -0.4 is 0 Å². The number of furan rings is 1. The fourth-order valence-corrected chi connectivity index (χ4v) is 3.46. The second-order valence-electron chi connectivity index (χ2n) is 6.32. The SMILES string of the molecule is Cc1ccc2c(CC(=O)N3CCC[C@H]3c3ccncn3)coc2c1. The first-order chi connectivity index (χ1) is 11.7. The molecule has 0 saturated carbocycles. The van der Waals surface area contributed by atoms with E-state index in [2.05, 4.69) is 9.97 Å². The number of fused-ring (bicyclic) bond motifs is 1. The van der Waals surface area contributed by atoms with Crippen molar-refractivity contribution in [2.45, 2.75) is 32.2 Å². The lowest BCUT2D eigenvalue weighted by Crippen LogP contribution is -2.32. The molecule has 1 saturated heterocycles. The molecule has 1 aromatic carbocycles. The summed E-state index contributed by atoms with van der Waals surface area (Å²) in [5.41, 5.74) is 3.86. The zero-order valence-corrected chi connectivity index (χ0v) is 13.6. The molecule has 5 nitrogen and oxygen atoms in total. The Balaban J connectivity index is 1.57. The highest BCUT2D eigenvalue weighted by molar-refractivity contribution is 5.88. The van der Waals surface area contributed by atoms with Gasteiger partial charge in [0.2, 0.25) is 5.91 Å². The van der Waals surface area contributed by atoms with Gasteiger partial charge in [0.05, 0.1) is 24.4 Å². The van der Waals surface area contributed by atoms with Crippen molar-refractivity contribution >= 4 is 16.9 Å². The molecule has 1 aliphatic heterocycles. The van der Waals surface area contributed by atoms with Crippen molar-refractivity contribution in [2.24, 2.45) is 0 Å². The van der Waals surface area contributed by atoms with Crippen LogP contribution in [0.15, 0.2) is 47.5 Å². The van der Waals surface area contributed by atoms with Gasteiger partial charge >= 0.3 is 0 Å². The molecule has 1 amide bonds.